The van der Waals surface area contributed by atoms with Crippen LogP contribution in [0.2, 0.25) is 0 Å². The molecule has 1 N–H and O–H groups in total. The van der Waals surface area contributed by atoms with Crippen LogP contribution in [0.3, 0.4) is 0 Å². The summed E-state index contributed by atoms with van der Waals surface area (Å²) in [6.07, 6.45) is 3.37. The molecular formula is C30H34N2O5S. The van der Waals surface area contributed by atoms with Gasteiger partial charge in [0.15, 0.2) is 0 Å². The normalized spacial score (nSPS) is 20.1. The predicted molar refractivity (Wildman–Crippen MR) is 149 cm³/mol. The highest BCUT2D eigenvalue weighted by Crippen LogP contribution is 2.34. The van der Waals surface area contributed by atoms with Crippen molar-refractivity contribution < 1.29 is 23.1 Å². The molecule has 200 valence electrons. The van der Waals surface area contributed by atoms with E-state index in [1.165, 1.54) is 4.31 Å². The van der Waals surface area contributed by atoms with Gasteiger partial charge in [-0.3, -0.25) is 4.79 Å². The van der Waals surface area contributed by atoms with Gasteiger partial charge in [-0.05, 0) is 42.3 Å². The van der Waals surface area contributed by atoms with E-state index in [9.17, 15) is 18.3 Å². The Morgan fingerprint density at radius 1 is 1.05 bits per heavy atom. The molecule has 0 aliphatic carbocycles. The molecule has 0 unspecified atom stereocenters. The Hall–Kier alpha value is -3.46. The van der Waals surface area contributed by atoms with Gasteiger partial charge in [0.05, 0.1) is 13.2 Å². The fourth-order valence-corrected chi connectivity index (χ4v) is 6.30. The third-order valence-electron chi connectivity index (χ3n) is 6.78. The predicted octanol–water partition coefficient (Wildman–Crippen LogP) is 4.40. The fourth-order valence-electron chi connectivity index (χ4n) is 4.47. The minimum atomic E-state index is -3.94. The van der Waals surface area contributed by atoms with Crippen molar-refractivity contribution in [2.24, 2.45) is 5.92 Å². The lowest BCUT2D eigenvalue weighted by Gasteiger charge is -2.37. The molecule has 0 saturated carbocycles. The summed E-state index contributed by atoms with van der Waals surface area (Å²) in [4.78, 5) is 14.7. The van der Waals surface area contributed by atoms with Crippen molar-refractivity contribution in [3.05, 3.63) is 95.6 Å². The van der Waals surface area contributed by atoms with Crippen LogP contribution in [0.4, 0.5) is 0 Å². The van der Waals surface area contributed by atoms with Crippen LogP contribution in [0.1, 0.15) is 35.3 Å². The molecule has 1 aliphatic rings. The first kappa shape index (κ1) is 27.6. The van der Waals surface area contributed by atoms with Gasteiger partial charge >= 0.3 is 0 Å². The number of ether oxygens (including phenoxy) is 1. The van der Waals surface area contributed by atoms with Crippen LogP contribution < -0.4 is 4.74 Å². The van der Waals surface area contributed by atoms with Crippen molar-refractivity contribution in [2.45, 2.75) is 30.9 Å². The van der Waals surface area contributed by atoms with Crippen LogP contribution in [-0.2, 0) is 10.0 Å². The number of nitrogens with zero attached hydrogens (tertiary/aromatic N) is 2. The summed E-state index contributed by atoms with van der Waals surface area (Å²) < 4.78 is 35.1. The number of fused-ring (bicyclic) bond motifs is 1. The third kappa shape index (κ3) is 6.15. The number of carbonyl (C=O) groups excluding carboxylic acids is 1. The molecule has 0 spiro atoms. The molecule has 0 radical (unpaired) electrons. The lowest BCUT2D eigenvalue weighted by atomic mass is 10.0. The molecule has 4 rings (SSSR count). The van der Waals surface area contributed by atoms with Crippen molar-refractivity contribution >= 4 is 28.1 Å². The quantitative estimate of drug-likeness (QED) is 0.454. The Labute approximate surface area is 225 Å². The maximum absolute atomic E-state index is 13.7. The maximum atomic E-state index is 13.7. The van der Waals surface area contributed by atoms with Crippen LogP contribution in [-0.4, -0.2) is 67.5 Å². The average Bonchev–Trinajstić information content (AvgIpc) is 2.93. The fraction of sp³-hybridized carbons (Fsp3) is 0.300. The number of sulfonamides is 1. The van der Waals surface area contributed by atoms with Gasteiger partial charge in [-0.25, -0.2) is 8.42 Å². The van der Waals surface area contributed by atoms with Crippen molar-refractivity contribution in [3.8, 4) is 5.75 Å². The van der Waals surface area contributed by atoms with E-state index in [2.05, 4.69) is 0 Å². The summed E-state index contributed by atoms with van der Waals surface area (Å²) in [5, 5.41) is 9.85. The second-order valence-corrected chi connectivity index (χ2v) is 11.6. The monoisotopic (exact) mass is 534 g/mol. The van der Waals surface area contributed by atoms with E-state index < -0.39 is 22.2 Å². The first-order valence-electron chi connectivity index (χ1n) is 12.7. The maximum Gasteiger partial charge on any atom is 0.253 e. The molecule has 0 bridgehead atoms. The molecule has 3 aromatic rings. The number of aliphatic hydroxyl groups excluding tert-OH is 1. The number of benzene rings is 3. The van der Waals surface area contributed by atoms with Crippen LogP contribution >= 0.6 is 0 Å². The van der Waals surface area contributed by atoms with Crippen molar-refractivity contribution in [2.75, 3.05) is 26.7 Å². The smallest absolute Gasteiger partial charge is 0.253 e. The van der Waals surface area contributed by atoms with Gasteiger partial charge in [-0.1, -0.05) is 73.7 Å². The highest BCUT2D eigenvalue weighted by Gasteiger charge is 2.38. The van der Waals surface area contributed by atoms with Gasteiger partial charge in [0.1, 0.15) is 16.7 Å². The van der Waals surface area contributed by atoms with Gasteiger partial charge in [0.2, 0.25) is 10.0 Å². The molecule has 0 aromatic heterocycles. The lowest BCUT2D eigenvalue weighted by Crippen LogP contribution is -2.50. The average molecular weight is 535 g/mol. The number of aliphatic hydroxyl groups is 1. The number of likely N-dealkylation sites (N-methyl/N-ethyl adjacent to an activating group) is 1. The second kappa shape index (κ2) is 11.9. The zero-order valence-corrected chi connectivity index (χ0v) is 22.7. The van der Waals surface area contributed by atoms with Crippen LogP contribution in [0.25, 0.3) is 12.2 Å². The van der Waals surface area contributed by atoms with Crippen LogP contribution in [0.5, 0.6) is 5.75 Å². The largest absolute Gasteiger partial charge is 0.487 e. The third-order valence-corrected chi connectivity index (χ3v) is 8.80. The van der Waals surface area contributed by atoms with Gasteiger partial charge in [-0.15, -0.1) is 0 Å². The Bertz CT molecular complexity index is 1380. The Balaban J connectivity index is 1.70. The van der Waals surface area contributed by atoms with Crippen molar-refractivity contribution in [3.63, 3.8) is 0 Å². The molecule has 1 aliphatic heterocycles. The van der Waals surface area contributed by atoms with Gasteiger partial charge in [0.25, 0.3) is 5.91 Å². The van der Waals surface area contributed by atoms with E-state index in [1.807, 2.05) is 67.6 Å². The number of carbonyl (C=O) groups is 1. The Morgan fingerprint density at radius 2 is 1.68 bits per heavy atom. The molecule has 3 atom stereocenters. The van der Waals surface area contributed by atoms with Crippen molar-refractivity contribution in [1.29, 1.82) is 0 Å². The lowest BCUT2D eigenvalue weighted by molar-refractivity contribution is 0.0563. The van der Waals surface area contributed by atoms with Gasteiger partial charge in [-0.2, -0.15) is 4.31 Å². The molecule has 1 amide bonds. The summed E-state index contributed by atoms with van der Waals surface area (Å²) in [7, 11) is -2.22. The van der Waals surface area contributed by atoms with E-state index in [0.717, 1.165) is 11.1 Å². The summed E-state index contributed by atoms with van der Waals surface area (Å²) >= 11 is 0. The SMILES string of the molecule is C[C@H]1CN([C@@H](C)CO)S(=O)(=O)c2ccc(/C=C/c3ccccc3)cc2O[C@@H]1CN(C)C(=O)c1ccccc1. The molecule has 0 saturated heterocycles. The number of amides is 1. The zero-order valence-electron chi connectivity index (χ0n) is 21.9. The molecule has 0 fully saturated rings. The van der Waals surface area contributed by atoms with E-state index in [4.69, 9.17) is 4.74 Å². The molecule has 38 heavy (non-hydrogen) atoms. The van der Waals surface area contributed by atoms with E-state index >= 15 is 0 Å². The molecule has 1 heterocycles. The Morgan fingerprint density at radius 3 is 2.34 bits per heavy atom. The van der Waals surface area contributed by atoms with Gasteiger partial charge in [0, 0.05) is 31.1 Å². The van der Waals surface area contributed by atoms with E-state index in [1.54, 1.807) is 49.2 Å². The minimum absolute atomic E-state index is 0.0450. The summed E-state index contributed by atoms with van der Waals surface area (Å²) in [5.41, 5.74) is 2.37. The number of rotatable bonds is 7. The van der Waals surface area contributed by atoms with Crippen molar-refractivity contribution in [1.82, 2.24) is 9.21 Å². The van der Waals surface area contributed by atoms with Crippen LogP contribution in [0, 0.1) is 5.92 Å². The molecule has 7 nitrogen and oxygen atoms in total. The highest BCUT2D eigenvalue weighted by molar-refractivity contribution is 7.89. The second-order valence-electron chi connectivity index (χ2n) is 9.74. The zero-order chi connectivity index (χ0) is 27.3. The first-order valence-corrected chi connectivity index (χ1v) is 14.1. The summed E-state index contributed by atoms with van der Waals surface area (Å²) in [6.45, 7) is 3.69. The minimum Gasteiger partial charge on any atom is -0.487 e. The molecule has 8 heteroatoms. The van der Waals surface area contributed by atoms with E-state index in [-0.39, 0.29) is 42.2 Å². The number of hydrogen-bond acceptors (Lipinski definition) is 5. The summed E-state index contributed by atoms with van der Waals surface area (Å²) in [6, 6.07) is 23.2. The Kier molecular flexibility index (Phi) is 8.66. The number of hydrogen-bond donors (Lipinski definition) is 1. The summed E-state index contributed by atoms with van der Waals surface area (Å²) in [5.74, 6) is -0.176. The van der Waals surface area contributed by atoms with E-state index in [0.29, 0.717) is 5.56 Å². The molecule has 3 aromatic carbocycles. The highest BCUT2D eigenvalue weighted by atomic mass is 32.2. The molecular weight excluding hydrogens is 500 g/mol. The standard InChI is InChI=1S/C30H34N2O5S/c1-22-19-32(23(2)21-33)38(35,36)29-17-16-25(15-14-24-10-6-4-7-11-24)18-27(29)37-28(22)20-31(3)30(34)26-12-8-5-9-13-26/h4-18,22-23,28,33H,19-21H2,1-3H3/b15-14+/t22-,23-,28+/m0/s1. The van der Waals surface area contributed by atoms with Crippen LogP contribution in [0.15, 0.2) is 83.8 Å². The van der Waals surface area contributed by atoms with Gasteiger partial charge < -0.3 is 14.7 Å². The first-order chi connectivity index (χ1) is 18.2. The topological polar surface area (TPSA) is 87.2 Å².